The van der Waals surface area contributed by atoms with Gasteiger partial charge in [-0.3, -0.25) is 0 Å². The summed E-state index contributed by atoms with van der Waals surface area (Å²) in [5.74, 6) is 2.44. The average molecular weight is 166 g/mol. The molecule has 0 aromatic rings. The minimum absolute atomic E-state index is 0.177. The molecule has 2 nitrogen and oxygen atoms in total. The van der Waals surface area contributed by atoms with Gasteiger partial charge in [-0.2, -0.15) is 0 Å². The Hall–Kier alpha value is -1.23. The molecule has 0 bridgehead atoms. The number of terminal acetylenes is 1. The van der Waals surface area contributed by atoms with Crippen LogP contribution < -0.4 is 0 Å². The van der Waals surface area contributed by atoms with Crippen LogP contribution in [0.3, 0.4) is 0 Å². The van der Waals surface area contributed by atoms with Gasteiger partial charge in [0.1, 0.15) is 0 Å². The minimum Gasteiger partial charge on any atom is -0.463 e. The fraction of sp³-hybridized carbons (Fsp3) is 0.500. The van der Waals surface area contributed by atoms with Crippen LogP contribution in [0.25, 0.3) is 0 Å². The largest absolute Gasteiger partial charge is 0.463 e. The first-order valence-electron chi connectivity index (χ1n) is 4.00. The van der Waals surface area contributed by atoms with Crippen LogP contribution in [0.4, 0.5) is 0 Å². The van der Waals surface area contributed by atoms with Crippen LogP contribution in [-0.2, 0) is 9.53 Å². The van der Waals surface area contributed by atoms with E-state index in [2.05, 4.69) is 10.7 Å². The highest BCUT2D eigenvalue weighted by Gasteiger charge is 1.94. The Balaban J connectivity index is 3.63. The Bertz CT molecular complexity index is 198. The zero-order valence-corrected chi connectivity index (χ0v) is 7.54. The van der Waals surface area contributed by atoms with Gasteiger partial charge in [0.25, 0.3) is 0 Å². The predicted octanol–water partition coefficient (Wildman–Crippen LogP) is 1.77. The zero-order valence-electron chi connectivity index (χ0n) is 7.54. The monoisotopic (exact) mass is 166 g/mol. The molecule has 2 heteroatoms. The molecule has 0 fully saturated rings. The number of carbonyl (C=O) groups is 1. The Kier molecular flexibility index (Phi) is 5.81. The van der Waals surface area contributed by atoms with Crippen LogP contribution in [0.2, 0.25) is 0 Å². The van der Waals surface area contributed by atoms with E-state index < -0.39 is 0 Å². The zero-order chi connectivity index (χ0) is 9.40. The molecule has 66 valence electrons. The van der Waals surface area contributed by atoms with E-state index in [1.807, 2.05) is 6.92 Å². The Morgan fingerprint density at radius 1 is 1.75 bits per heavy atom. The van der Waals surface area contributed by atoms with Gasteiger partial charge in [0.15, 0.2) is 0 Å². The molecule has 0 radical (unpaired) electrons. The normalized spacial score (nSPS) is 12.4. The fourth-order valence-corrected chi connectivity index (χ4v) is 0.627. The lowest BCUT2D eigenvalue weighted by Crippen LogP contribution is -1.99. The standard InChI is InChI=1S/C10H14O2/c1-4-9(3)7-6-8-10(11)12-5-2/h1,6,8-9H,5,7H2,2-3H3. The summed E-state index contributed by atoms with van der Waals surface area (Å²) in [6.07, 6.45) is 9.02. The van der Waals surface area contributed by atoms with E-state index in [0.717, 1.165) is 6.42 Å². The molecule has 0 amide bonds. The first-order chi connectivity index (χ1) is 5.70. The van der Waals surface area contributed by atoms with Gasteiger partial charge >= 0.3 is 5.97 Å². The van der Waals surface area contributed by atoms with Gasteiger partial charge in [0.05, 0.1) is 6.61 Å². The number of carbonyl (C=O) groups excluding carboxylic acids is 1. The molecule has 0 aliphatic carbocycles. The average Bonchev–Trinajstić information content (AvgIpc) is 2.04. The van der Waals surface area contributed by atoms with Crippen LogP contribution in [0.5, 0.6) is 0 Å². The molecule has 1 atom stereocenters. The van der Waals surface area contributed by atoms with E-state index in [9.17, 15) is 4.79 Å². The molecule has 0 spiro atoms. The van der Waals surface area contributed by atoms with Crippen molar-refractivity contribution < 1.29 is 9.53 Å². The second kappa shape index (κ2) is 6.48. The van der Waals surface area contributed by atoms with Gasteiger partial charge in [-0.05, 0) is 13.3 Å². The van der Waals surface area contributed by atoms with Crippen molar-refractivity contribution in [2.45, 2.75) is 20.3 Å². The first kappa shape index (κ1) is 10.8. The van der Waals surface area contributed by atoms with Gasteiger partial charge in [0.2, 0.25) is 0 Å². The van der Waals surface area contributed by atoms with Gasteiger partial charge in [-0.25, -0.2) is 4.79 Å². The van der Waals surface area contributed by atoms with E-state index in [4.69, 9.17) is 6.42 Å². The van der Waals surface area contributed by atoms with Crippen molar-refractivity contribution in [2.24, 2.45) is 5.92 Å². The van der Waals surface area contributed by atoms with Crippen molar-refractivity contribution in [2.75, 3.05) is 6.61 Å². The van der Waals surface area contributed by atoms with Gasteiger partial charge in [-0.15, -0.1) is 12.3 Å². The van der Waals surface area contributed by atoms with E-state index in [1.165, 1.54) is 6.08 Å². The third-order valence-electron chi connectivity index (χ3n) is 1.31. The molecular weight excluding hydrogens is 152 g/mol. The van der Waals surface area contributed by atoms with E-state index in [-0.39, 0.29) is 11.9 Å². The van der Waals surface area contributed by atoms with Gasteiger partial charge in [-0.1, -0.05) is 13.0 Å². The molecule has 0 aliphatic heterocycles. The maximum Gasteiger partial charge on any atom is 0.330 e. The summed E-state index contributed by atoms with van der Waals surface area (Å²) in [5.41, 5.74) is 0. The Morgan fingerprint density at radius 3 is 2.92 bits per heavy atom. The fourth-order valence-electron chi connectivity index (χ4n) is 0.627. The van der Waals surface area contributed by atoms with Crippen molar-refractivity contribution in [3.05, 3.63) is 12.2 Å². The summed E-state index contributed by atoms with van der Waals surface area (Å²) >= 11 is 0. The number of hydrogen-bond donors (Lipinski definition) is 0. The first-order valence-corrected chi connectivity index (χ1v) is 4.00. The van der Waals surface area contributed by atoms with Crippen molar-refractivity contribution >= 4 is 5.97 Å². The lowest BCUT2D eigenvalue weighted by Gasteiger charge is -1.97. The molecule has 0 heterocycles. The summed E-state index contributed by atoms with van der Waals surface area (Å²) < 4.78 is 4.68. The highest BCUT2D eigenvalue weighted by Crippen LogP contribution is 1.99. The second-order valence-electron chi connectivity index (χ2n) is 2.46. The number of hydrogen-bond acceptors (Lipinski definition) is 2. The van der Waals surface area contributed by atoms with Crippen LogP contribution >= 0.6 is 0 Å². The van der Waals surface area contributed by atoms with Crippen molar-refractivity contribution in [1.82, 2.24) is 0 Å². The molecule has 0 saturated carbocycles. The number of rotatable bonds is 4. The quantitative estimate of drug-likeness (QED) is 0.361. The Labute approximate surface area is 73.6 Å². The van der Waals surface area contributed by atoms with Crippen LogP contribution in [0, 0.1) is 18.3 Å². The number of esters is 1. The van der Waals surface area contributed by atoms with Crippen molar-refractivity contribution in [3.63, 3.8) is 0 Å². The molecule has 1 unspecified atom stereocenters. The number of allylic oxidation sites excluding steroid dienone is 1. The second-order valence-corrected chi connectivity index (χ2v) is 2.46. The minimum atomic E-state index is -0.304. The van der Waals surface area contributed by atoms with Gasteiger partial charge < -0.3 is 4.74 Å². The summed E-state index contributed by atoms with van der Waals surface area (Å²) in [7, 11) is 0. The van der Waals surface area contributed by atoms with E-state index >= 15 is 0 Å². The lowest BCUT2D eigenvalue weighted by atomic mass is 10.1. The maximum atomic E-state index is 10.8. The topological polar surface area (TPSA) is 26.3 Å². The van der Waals surface area contributed by atoms with Crippen LogP contribution in [0.1, 0.15) is 20.3 Å². The molecule has 12 heavy (non-hydrogen) atoms. The van der Waals surface area contributed by atoms with E-state index in [1.54, 1.807) is 13.0 Å². The summed E-state index contributed by atoms with van der Waals surface area (Å²) in [6.45, 7) is 4.11. The smallest absolute Gasteiger partial charge is 0.330 e. The van der Waals surface area contributed by atoms with Gasteiger partial charge in [0, 0.05) is 12.0 Å². The molecule has 0 aliphatic rings. The molecule has 0 aromatic heterocycles. The predicted molar refractivity (Wildman–Crippen MR) is 48.4 cm³/mol. The van der Waals surface area contributed by atoms with Crippen LogP contribution in [0.15, 0.2) is 12.2 Å². The summed E-state index contributed by atoms with van der Waals surface area (Å²) in [5, 5.41) is 0. The molecular formula is C10H14O2. The maximum absolute atomic E-state index is 10.8. The van der Waals surface area contributed by atoms with Crippen molar-refractivity contribution in [1.29, 1.82) is 0 Å². The summed E-state index contributed by atoms with van der Waals surface area (Å²) in [6, 6.07) is 0. The van der Waals surface area contributed by atoms with Crippen LogP contribution in [-0.4, -0.2) is 12.6 Å². The third kappa shape index (κ3) is 5.55. The third-order valence-corrected chi connectivity index (χ3v) is 1.31. The highest BCUT2D eigenvalue weighted by atomic mass is 16.5. The van der Waals surface area contributed by atoms with Crippen molar-refractivity contribution in [3.8, 4) is 12.3 Å². The molecule has 0 rings (SSSR count). The van der Waals surface area contributed by atoms with E-state index in [0.29, 0.717) is 6.61 Å². The highest BCUT2D eigenvalue weighted by molar-refractivity contribution is 5.81. The Morgan fingerprint density at radius 2 is 2.42 bits per heavy atom. The SMILES string of the molecule is C#CC(C)CC=CC(=O)OCC. The lowest BCUT2D eigenvalue weighted by molar-refractivity contribution is -0.137. The molecule has 0 saturated heterocycles. The molecule has 0 aromatic carbocycles. The number of ether oxygens (including phenoxy) is 1. The molecule has 0 N–H and O–H groups in total. The summed E-state index contributed by atoms with van der Waals surface area (Å²) in [4.78, 5) is 10.8.